The van der Waals surface area contributed by atoms with Crippen molar-refractivity contribution >= 4 is 9.84 Å². The molecule has 1 rings (SSSR count). The van der Waals surface area contributed by atoms with Crippen LogP contribution in [0, 0.1) is 12.7 Å². The Hall–Kier alpha value is -0.980. The lowest BCUT2D eigenvalue weighted by atomic mass is 10.0. The molecule has 1 aromatic carbocycles. The molecule has 0 bridgehead atoms. The zero-order valence-electron chi connectivity index (χ0n) is 9.90. The van der Waals surface area contributed by atoms with Crippen LogP contribution in [0.5, 0.6) is 0 Å². The maximum absolute atomic E-state index is 13.8. The van der Waals surface area contributed by atoms with E-state index >= 15 is 0 Å². The molecule has 0 heterocycles. The molecule has 0 aliphatic rings. The number of sulfone groups is 1. The summed E-state index contributed by atoms with van der Waals surface area (Å²) in [6, 6.07) is 4.49. The fourth-order valence-corrected chi connectivity index (χ4v) is 2.26. The third kappa shape index (κ3) is 4.07. The fourth-order valence-electron chi connectivity index (χ4n) is 1.60. The largest absolute Gasteiger partial charge is 0.271 e. The Balaban J connectivity index is 2.90. The van der Waals surface area contributed by atoms with Crippen molar-refractivity contribution in [2.75, 3.05) is 12.0 Å². The van der Waals surface area contributed by atoms with E-state index in [1.807, 2.05) is 0 Å². The van der Waals surface area contributed by atoms with Crippen molar-refractivity contribution in [2.45, 2.75) is 19.4 Å². The summed E-state index contributed by atoms with van der Waals surface area (Å²) in [4.78, 5) is 0. The molecule has 4 nitrogen and oxygen atoms in total. The molecule has 0 saturated heterocycles. The number of hydrogen-bond donors (Lipinski definition) is 2. The van der Waals surface area contributed by atoms with Gasteiger partial charge < -0.3 is 0 Å². The predicted molar refractivity (Wildman–Crippen MR) is 65.5 cm³/mol. The minimum atomic E-state index is -3.08. The third-order valence-electron chi connectivity index (χ3n) is 2.58. The molecule has 0 amide bonds. The van der Waals surface area contributed by atoms with Crippen LogP contribution in [-0.2, 0) is 9.84 Å². The van der Waals surface area contributed by atoms with Gasteiger partial charge in [0.1, 0.15) is 15.7 Å². The summed E-state index contributed by atoms with van der Waals surface area (Å²) < 4.78 is 36.0. The second-order valence-corrected chi connectivity index (χ2v) is 6.38. The molecule has 0 fully saturated rings. The normalized spacial score (nSPS) is 13.6. The van der Waals surface area contributed by atoms with Crippen LogP contribution in [0.4, 0.5) is 4.39 Å². The number of nitrogens with one attached hydrogen (secondary N) is 1. The van der Waals surface area contributed by atoms with Crippen LogP contribution >= 0.6 is 0 Å². The summed E-state index contributed by atoms with van der Waals surface area (Å²) in [5.74, 6) is 4.97. The van der Waals surface area contributed by atoms with Gasteiger partial charge in [-0.3, -0.25) is 11.3 Å². The highest BCUT2D eigenvalue weighted by Crippen LogP contribution is 2.22. The van der Waals surface area contributed by atoms with Crippen LogP contribution in [0.3, 0.4) is 0 Å². The first kappa shape index (κ1) is 14.1. The van der Waals surface area contributed by atoms with E-state index in [-0.39, 0.29) is 18.0 Å². The van der Waals surface area contributed by atoms with E-state index < -0.39 is 15.9 Å². The zero-order valence-corrected chi connectivity index (χ0v) is 10.7. The monoisotopic (exact) mass is 260 g/mol. The molecule has 0 aliphatic heterocycles. The van der Waals surface area contributed by atoms with E-state index in [1.165, 1.54) is 0 Å². The number of rotatable bonds is 5. The van der Waals surface area contributed by atoms with Crippen LogP contribution in [0.1, 0.15) is 23.6 Å². The average molecular weight is 260 g/mol. The van der Waals surface area contributed by atoms with Gasteiger partial charge in [0.25, 0.3) is 0 Å². The molecular formula is C11H17FN2O2S. The summed E-state index contributed by atoms with van der Waals surface area (Å²) >= 11 is 0. The summed E-state index contributed by atoms with van der Waals surface area (Å²) in [6.45, 7) is 1.66. The summed E-state index contributed by atoms with van der Waals surface area (Å²) in [6.07, 6.45) is 1.39. The molecule has 0 aliphatic carbocycles. The van der Waals surface area contributed by atoms with Gasteiger partial charge in [-0.1, -0.05) is 18.2 Å². The van der Waals surface area contributed by atoms with Gasteiger partial charge in [0.05, 0.1) is 5.75 Å². The fraction of sp³-hybridized carbons (Fsp3) is 0.455. The highest BCUT2D eigenvalue weighted by atomic mass is 32.2. The first-order valence-corrected chi connectivity index (χ1v) is 7.30. The predicted octanol–water partition coefficient (Wildman–Crippen LogP) is 1.07. The summed E-state index contributed by atoms with van der Waals surface area (Å²) in [5.41, 5.74) is 3.37. The molecule has 1 atom stereocenters. The number of nitrogens with two attached hydrogens (primary N) is 1. The minimum absolute atomic E-state index is 0.0325. The van der Waals surface area contributed by atoms with Crippen molar-refractivity contribution in [1.82, 2.24) is 5.43 Å². The number of benzene rings is 1. The molecule has 3 N–H and O–H groups in total. The lowest BCUT2D eigenvalue weighted by Crippen LogP contribution is -2.30. The van der Waals surface area contributed by atoms with Crippen molar-refractivity contribution in [1.29, 1.82) is 0 Å². The average Bonchev–Trinajstić information content (AvgIpc) is 2.23. The van der Waals surface area contributed by atoms with E-state index in [1.54, 1.807) is 25.1 Å². The lowest BCUT2D eigenvalue weighted by molar-refractivity contribution is 0.496. The van der Waals surface area contributed by atoms with Gasteiger partial charge in [0.2, 0.25) is 0 Å². The van der Waals surface area contributed by atoms with Crippen LogP contribution in [0.2, 0.25) is 0 Å². The number of hydrazine groups is 1. The molecule has 0 saturated carbocycles. The zero-order chi connectivity index (χ0) is 13.1. The Morgan fingerprint density at radius 3 is 2.65 bits per heavy atom. The standard InChI is InChI=1S/C11H17FN2O2S/c1-8-4-3-5-9(11(8)12)10(14-13)6-7-17(2,15)16/h3-5,10,14H,6-7,13H2,1-2H3. The molecule has 6 heteroatoms. The number of hydrogen-bond acceptors (Lipinski definition) is 4. The molecule has 1 aromatic rings. The third-order valence-corrected chi connectivity index (χ3v) is 3.55. The van der Waals surface area contributed by atoms with Crippen molar-refractivity contribution in [3.63, 3.8) is 0 Å². The maximum atomic E-state index is 13.8. The second-order valence-electron chi connectivity index (χ2n) is 4.12. The van der Waals surface area contributed by atoms with E-state index in [2.05, 4.69) is 5.43 Å². The van der Waals surface area contributed by atoms with E-state index in [0.29, 0.717) is 11.1 Å². The topological polar surface area (TPSA) is 72.2 Å². The second kappa shape index (κ2) is 5.57. The van der Waals surface area contributed by atoms with Gasteiger partial charge in [-0.15, -0.1) is 0 Å². The number of aryl methyl sites for hydroxylation is 1. The van der Waals surface area contributed by atoms with E-state index in [9.17, 15) is 12.8 Å². The van der Waals surface area contributed by atoms with Crippen molar-refractivity contribution in [3.05, 3.63) is 35.1 Å². The molecular weight excluding hydrogens is 243 g/mol. The highest BCUT2D eigenvalue weighted by Gasteiger charge is 2.17. The van der Waals surface area contributed by atoms with Crippen molar-refractivity contribution in [2.24, 2.45) is 5.84 Å². The van der Waals surface area contributed by atoms with E-state index in [4.69, 9.17) is 5.84 Å². The first-order chi connectivity index (χ1) is 7.85. The smallest absolute Gasteiger partial charge is 0.147 e. The molecule has 0 spiro atoms. The van der Waals surface area contributed by atoms with Crippen LogP contribution in [-0.4, -0.2) is 20.4 Å². The SMILES string of the molecule is Cc1cccc(C(CCS(C)(=O)=O)NN)c1F. The molecule has 1 unspecified atom stereocenters. The van der Waals surface area contributed by atoms with Crippen LogP contribution in [0.15, 0.2) is 18.2 Å². The van der Waals surface area contributed by atoms with Crippen molar-refractivity contribution in [3.8, 4) is 0 Å². The van der Waals surface area contributed by atoms with Gasteiger partial charge in [0.15, 0.2) is 0 Å². The lowest BCUT2D eigenvalue weighted by Gasteiger charge is -2.17. The van der Waals surface area contributed by atoms with Gasteiger partial charge in [-0.2, -0.15) is 0 Å². The van der Waals surface area contributed by atoms with Gasteiger partial charge >= 0.3 is 0 Å². The molecule has 0 radical (unpaired) electrons. The van der Waals surface area contributed by atoms with Gasteiger partial charge in [0, 0.05) is 17.9 Å². The van der Waals surface area contributed by atoms with E-state index in [0.717, 1.165) is 6.26 Å². The Bertz CT molecular complexity index is 488. The van der Waals surface area contributed by atoms with Gasteiger partial charge in [-0.25, -0.2) is 12.8 Å². The Kier molecular flexibility index (Phi) is 4.62. The highest BCUT2D eigenvalue weighted by molar-refractivity contribution is 7.90. The Morgan fingerprint density at radius 1 is 1.47 bits per heavy atom. The minimum Gasteiger partial charge on any atom is -0.271 e. The van der Waals surface area contributed by atoms with Gasteiger partial charge in [-0.05, 0) is 18.9 Å². The van der Waals surface area contributed by atoms with Crippen LogP contribution in [0.25, 0.3) is 0 Å². The molecule has 0 aromatic heterocycles. The molecule has 96 valence electrons. The van der Waals surface area contributed by atoms with Crippen LogP contribution < -0.4 is 11.3 Å². The quantitative estimate of drug-likeness (QED) is 0.613. The summed E-state index contributed by atoms with van der Waals surface area (Å²) in [5, 5.41) is 0. The maximum Gasteiger partial charge on any atom is 0.147 e. The number of halogens is 1. The summed E-state index contributed by atoms with van der Waals surface area (Å²) in [7, 11) is -3.08. The Labute approximate surface area is 101 Å². The Morgan fingerprint density at radius 2 is 2.12 bits per heavy atom. The van der Waals surface area contributed by atoms with Crippen molar-refractivity contribution < 1.29 is 12.8 Å². The molecule has 17 heavy (non-hydrogen) atoms. The first-order valence-electron chi connectivity index (χ1n) is 5.24.